The molecule has 2 aliphatic rings. The third kappa shape index (κ3) is 6.99. The highest BCUT2D eigenvalue weighted by atomic mass is 32.2. The molecule has 0 unspecified atom stereocenters. The molecular formula is C26H31FN4O3S. The smallest absolute Gasteiger partial charge is 0.265 e. The van der Waals surface area contributed by atoms with Crippen LogP contribution in [0.2, 0.25) is 0 Å². The zero-order valence-corrected chi connectivity index (χ0v) is 20.7. The molecule has 0 saturated carbocycles. The Bertz CT molecular complexity index is 1050. The molecule has 0 atom stereocenters. The van der Waals surface area contributed by atoms with Crippen molar-refractivity contribution < 1.29 is 18.7 Å². The van der Waals surface area contributed by atoms with Crippen molar-refractivity contribution >= 4 is 35.0 Å². The highest BCUT2D eigenvalue weighted by Gasteiger charge is 2.19. The average molecular weight is 499 g/mol. The molecule has 0 radical (unpaired) electrons. The summed E-state index contributed by atoms with van der Waals surface area (Å²) >= 11 is 1.49. The minimum absolute atomic E-state index is 0.126. The van der Waals surface area contributed by atoms with Gasteiger partial charge in [0.2, 0.25) is 0 Å². The van der Waals surface area contributed by atoms with E-state index in [4.69, 9.17) is 4.74 Å². The van der Waals surface area contributed by atoms with Crippen LogP contribution in [0.25, 0.3) is 0 Å². The SMILES string of the molecule is CC1=C(C(=O)Nc2ccc(C(=O)NCCCN3CCN(c4ccc(F)cc4)CC3)cc2)SCCO1. The maximum atomic E-state index is 13.1. The summed E-state index contributed by atoms with van der Waals surface area (Å²) in [5, 5.41) is 5.83. The maximum absolute atomic E-state index is 13.1. The predicted octanol–water partition coefficient (Wildman–Crippen LogP) is 3.70. The van der Waals surface area contributed by atoms with Gasteiger partial charge in [0.05, 0.1) is 6.61 Å². The van der Waals surface area contributed by atoms with Gasteiger partial charge in [-0.05, 0) is 68.4 Å². The van der Waals surface area contributed by atoms with Gasteiger partial charge in [0.25, 0.3) is 11.8 Å². The number of amides is 2. The van der Waals surface area contributed by atoms with Gasteiger partial charge in [-0.2, -0.15) is 0 Å². The molecule has 1 saturated heterocycles. The third-order valence-electron chi connectivity index (χ3n) is 6.08. The van der Waals surface area contributed by atoms with Gasteiger partial charge in [0, 0.05) is 55.4 Å². The monoisotopic (exact) mass is 498 g/mol. The molecule has 1 fully saturated rings. The van der Waals surface area contributed by atoms with Crippen molar-refractivity contribution in [1.82, 2.24) is 10.2 Å². The highest BCUT2D eigenvalue weighted by molar-refractivity contribution is 8.04. The number of ether oxygens (including phenoxy) is 1. The number of halogens is 1. The van der Waals surface area contributed by atoms with Gasteiger partial charge in [0.15, 0.2) is 0 Å². The molecule has 7 nitrogen and oxygen atoms in total. The first-order chi connectivity index (χ1) is 17.0. The van der Waals surface area contributed by atoms with Crippen LogP contribution in [0.4, 0.5) is 15.8 Å². The molecule has 2 aliphatic heterocycles. The first-order valence-corrected chi connectivity index (χ1v) is 12.9. The molecular weight excluding hydrogens is 467 g/mol. The number of nitrogens with zero attached hydrogens (tertiary/aromatic N) is 2. The van der Waals surface area contributed by atoms with Crippen LogP contribution in [0.3, 0.4) is 0 Å². The van der Waals surface area contributed by atoms with Crippen LogP contribution >= 0.6 is 11.8 Å². The molecule has 2 heterocycles. The molecule has 0 aliphatic carbocycles. The molecule has 0 aromatic heterocycles. The van der Waals surface area contributed by atoms with Crippen LogP contribution in [-0.4, -0.2) is 68.3 Å². The van der Waals surface area contributed by atoms with E-state index in [1.165, 1.54) is 23.9 Å². The van der Waals surface area contributed by atoms with E-state index >= 15 is 0 Å². The molecule has 0 bridgehead atoms. The normalized spacial score (nSPS) is 16.6. The fraction of sp³-hybridized carbons (Fsp3) is 0.385. The van der Waals surface area contributed by atoms with Crippen molar-refractivity contribution in [2.45, 2.75) is 13.3 Å². The minimum atomic E-state index is -0.213. The Morgan fingerprint density at radius 2 is 1.71 bits per heavy atom. The fourth-order valence-corrected chi connectivity index (χ4v) is 4.93. The van der Waals surface area contributed by atoms with Crippen molar-refractivity contribution in [1.29, 1.82) is 0 Å². The predicted molar refractivity (Wildman–Crippen MR) is 138 cm³/mol. The second-order valence-electron chi connectivity index (χ2n) is 8.53. The number of anilines is 2. The molecule has 2 amide bonds. The van der Waals surface area contributed by atoms with Crippen molar-refractivity contribution in [2.24, 2.45) is 0 Å². The molecule has 2 aromatic rings. The lowest BCUT2D eigenvalue weighted by Crippen LogP contribution is -2.47. The quantitative estimate of drug-likeness (QED) is 0.541. The second kappa shape index (κ2) is 12.1. The van der Waals surface area contributed by atoms with Crippen molar-refractivity contribution in [3.8, 4) is 0 Å². The van der Waals surface area contributed by atoms with Crippen LogP contribution in [-0.2, 0) is 9.53 Å². The number of carbonyl (C=O) groups is 2. The summed E-state index contributed by atoms with van der Waals surface area (Å²) in [7, 11) is 0. The summed E-state index contributed by atoms with van der Waals surface area (Å²) in [6.45, 7) is 7.62. The van der Waals surface area contributed by atoms with E-state index in [1.54, 1.807) is 31.2 Å². The number of thioether (sulfide) groups is 1. The Balaban J connectivity index is 1.15. The maximum Gasteiger partial charge on any atom is 0.265 e. The summed E-state index contributed by atoms with van der Waals surface area (Å²) in [5.41, 5.74) is 2.25. The van der Waals surface area contributed by atoms with Crippen molar-refractivity contribution in [3.63, 3.8) is 0 Å². The van der Waals surface area contributed by atoms with Crippen LogP contribution in [0, 0.1) is 5.82 Å². The van der Waals surface area contributed by atoms with Crippen LogP contribution < -0.4 is 15.5 Å². The molecule has 9 heteroatoms. The summed E-state index contributed by atoms with van der Waals surface area (Å²) in [4.78, 5) is 30.2. The average Bonchev–Trinajstić information content (AvgIpc) is 2.88. The van der Waals surface area contributed by atoms with Gasteiger partial charge in [-0.3, -0.25) is 14.5 Å². The van der Waals surface area contributed by atoms with Crippen LogP contribution in [0.15, 0.2) is 59.2 Å². The zero-order valence-electron chi connectivity index (χ0n) is 19.9. The van der Waals surface area contributed by atoms with E-state index in [-0.39, 0.29) is 17.6 Å². The first kappa shape index (κ1) is 25.1. The minimum Gasteiger partial charge on any atom is -0.496 e. The van der Waals surface area contributed by atoms with Gasteiger partial charge >= 0.3 is 0 Å². The molecule has 2 N–H and O–H groups in total. The van der Waals surface area contributed by atoms with Gasteiger partial charge in [-0.15, -0.1) is 11.8 Å². The second-order valence-corrected chi connectivity index (χ2v) is 9.63. The fourth-order valence-electron chi connectivity index (χ4n) is 4.11. The summed E-state index contributed by atoms with van der Waals surface area (Å²) in [6.07, 6.45) is 0.866. The van der Waals surface area contributed by atoms with E-state index in [0.717, 1.165) is 50.6 Å². The number of nitrogens with one attached hydrogen (secondary N) is 2. The standard InChI is InChI=1S/C26H31FN4O3S/c1-19-24(35-18-17-34-19)26(33)29-22-7-3-20(4-8-22)25(32)28-11-2-12-30-13-15-31(16-14-30)23-9-5-21(27)6-10-23/h3-10H,2,11-18H2,1H3,(H,28,32)(H,29,33). The Morgan fingerprint density at radius 1 is 1.00 bits per heavy atom. The topological polar surface area (TPSA) is 73.9 Å². The lowest BCUT2D eigenvalue weighted by atomic mass is 10.2. The van der Waals surface area contributed by atoms with Gasteiger partial charge in [0.1, 0.15) is 16.5 Å². The van der Waals surface area contributed by atoms with E-state index < -0.39 is 0 Å². The lowest BCUT2D eigenvalue weighted by Gasteiger charge is -2.36. The van der Waals surface area contributed by atoms with Crippen molar-refractivity contribution in [3.05, 3.63) is 70.6 Å². The number of benzene rings is 2. The Morgan fingerprint density at radius 3 is 2.40 bits per heavy atom. The number of hydrogen-bond acceptors (Lipinski definition) is 6. The highest BCUT2D eigenvalue weighted by Crippen LogP contribution is 2.26. The van der Waals surface area contributed by atoms with E-state index in [1.807, 2.05) is 12.1 Å². The van der Waals surface area contributed by atoms with Gasteiger partial charge < -0.3 is 20.3 Å². The van der Waals surface area contributed by atoms with Crippen LogP contribution in [0.5, 0.6) is 0 Å². The zero-order chi connectivity index (χ0) is 24.6. The number of rotatable bonds is 8. The molecule has 2 aromatic carbocycles. The van der Waals surface area contributed by atoms with Gasteiger partial charge in [-0.25, -0.2) is 4.39 Å². The largest absolute Gasteiger partial charge is 0.496 e. The summed E-state index contributed by atoms with van der Waals surface area (Å²) in [5.74, 6) is 0.867. The molecule has 0 spiro atoms. The number of allylic oxidation sites excluding steroid dienone is 1. The Kier molecular flexibility index (Phi) is 8.65. The number of carbonyl (C=O) groups excluding carboxylic acids is 2. The number of piperazine rings is 1. The third-order valence-corrected chi connectivity index (χ3v) is 7.21. The first-order valence-electron chi connectivity index (χ1n) is 11.9. The van der Waals surface area contributed by atoms with Gasteiger partial charge in [-0.1, -0.05) is 0 Å². The Hall–Kier alpha value is -3.04. The molecule has 186 valence electrons. The van der Waals surface area contributed by atoms with E-state index in [0.29, 0.717) is 35.1 Å². The summed E-state index contributed by atoms with van der Waals surface area (Å²) in [6, 6.07) is 13.5. The van der Waals surface area contributed by atoms with E-state index in [2.05, 4.69) is 20.4 Å². The van der Waals surface area contributed by atoms with E-state index in [9.17, 15) is 14.0 Å². The lowest BCUT2D eigenvalue weighted by molar-refractivity contribution is -0.112. The Labute approximate surface area is 209 Å². The number of hydrogen-bond donors (Lipinski definition) is 2. The molecule has 4 rings (SSSR count). The van der Waals surface area contributed by atoms with Crippen LogP contribution in [0.1, 0.15) is 23.7 Å². The molecule has 35 heavy (non-hydrogen) atoms. The van der Waals surface area contributed by atoms with Crippen molar-refractivity contribution in [2.75, 3.05) is 61.8 Å². The summed E-state index contributed by atoms with van der Waals surface area (Å²) < 4.78 is 18.6.